The number of ether oxygens (including phenoxy) is 1. The largest absolute Gasteiger partial charge is 0.384 e. The Morgan fingerprint density at radius 1 is 1.15 bits per heavy atom. The molecule has 2 N–H and O–H groups in total. The van der Waals surface area contributed by atoms with E-state index >= 15 is 0 Å². The van der Waals surface area contributed by atoms with Gasteiger partial charge in [-0.15, -0.1) is 0 Å². The SMILES string of the molecule is CC(O)(CNC(=O)Cc1ccc(N2CCOCC2)cc1)c1ccc(Cl)cc1. The predicted octanol–water partition coefficient (Wildman–Crippen LogP) is 2.74. The van der Waals surface area contributed by atoms with Crippen molar-refractivity contribution in [1.29, 1.82) is 0 Å². The Balaban J connectivity index is 1.52. The second-order valence-electron chi connectivity index (χ2n) is 7.00. The molecular formula is C21H25ClN2O3. The normalized spacial score (nSPS) is 16.6. The van der Waals surface area contributed by atoms with Crippen molar-refractivity contribution in [2.45, 2.75) is 18.9 Å². The molecule has 27 heavy (non-hydrogen) atoms. The van der Waals surface area contributed by atoms with Crippen LogP contribution in [0.3, 0.4) is 0 Å². The number of halogens is 1. The van der Waals surface area contributed by atoms with E-state index in [1.807, 2.05) is 24.3 Å². The summed E-state index contributed by atoms with van der Waals surface area (Å²) in [6, 6.07) is 15.0. The monoisotopic (exact) mass is 388 g/mol. The lowest BCUT2D eigenvalue weighted by Crippen LogP contribution is -2.39. The number of nitrogens with zero attached hydrogens (tertiary/aromatic N) is 1. The smallest absolute Gasteiger partial charge is 0.224 e. The zero-order valence-electron chi connectivity index (χ0n) is 15.5. The molecule has 0 aromatic heterocycles. The first-order valence-corrected chi connectivity index (χ1v) is 9.49. The molecule has 1 unspecified atom stereocenters. The fraction of sp³-hybridized carbons (Fsp3) is 0.381. The maximum atomic E-state index is 12.3. The van der Waals surface area contributed by atoms with Crippen molar-refractivity contribution >= 4 is 23.2 Å². The van der Waals surface area contributed by atoms with Crippen LogP contribution in [0.25, 0.3) is 0 Å². The lowest BCUT2D eigenvalue weighted by atomic mass is 9.96. The number of nitrogens with one attached hydrogen (secondary N) is 1. The van der Waals surface area contributed by atoms with Crippen LogP contribution in [0.4, 0.5) is 5.69 Å². The average molecular weight is 389 g/mol. The van der Waals surface area contributed by atoms with Crippen molar-refractivity contribution in [3.05, 3.63) is 64.7 Å². The molecule has 0 spiro atoms. The first-order valence-electron chi connectivity index (χ1n) is 9.11. The summed E-state index contributed by atoms with van der Waals surface area (Å²) in [5, 5.41) is 14.0. The highest BCUT2D eigenvalue weighted by Crippen LogP contribution is 2.22. The van der Waals surface area contributed by atoms with E-state index in [1.165, 1.54) is 0 Å². The Kier molecular flexibility index (Phi) is 6.37. The van der Waals surface area contributed by atoms with Crippen molar-refractivity contribution in [1.82, 2.24) is 5.32 Å². The van der Waals surface area contributed by atoms with Gasteiger partial charge >= 0.3 is 0 Å². The highest BCUT2D eigenvalue weighted by molar-refractivity contribution is 6.30. The molecular weight excluding hydrogens is 364 g/mol. The summed E-state index contributed by atoms with van der Waals surface area (Å²) in [7, 11) is 0. The van der Waals surface area contributed by atoms with Crippen molar-refractivity contribution in [3.8, 4) is 0 Å². The van der Waals surface area contributed by atoms with Crippen molar-refractivity contribution in [2.24, 2.45) is 0 Å². The Labute approximate surface area is 164 Å². The van der Waals surface area contributed by atoms with Crippen LogP contribution in [-0.4, -0.2) is 43.9 Å². The molecule has 2 aromatic carbocycles. The van der Waals surface area contributed by atoms with Gasteiger partial charge in [0.15, 0.2) is 0 Å². The van der Waals surface area contributed by atoms with E-state index in [0.717, 1.165) is 37.6 Å². The summed E-state index contributed by atoms with van der Waals surface area (Å²) in [4.78, 5) is 14.5. The van der Waals surface area contributed by atoms with Crippen LogP contribution >= 0.6 is 11.6 Å². The highest BCUT2D eigenvalue weighted by Gasteiger charge is 2.23. The fourth-order valence-corrected chi connectivity index (χ4v) is 3.20. The zero-order chi connectivity index (χ0) is 19.3. The second-order valence-corrected chi connectivity index (χ2v) is 7.44. The van der Waals surface area contributed by atoms with E-state index in [0.29, 0.717) is 10.6 Å². The van der Waals surface area contributed by atoms with Gasteiger partial charge in [-0.2, -0.15) is 0 Å². The molecule has 1 atom stereocenters. The number of amides is 1. The van der Waals surface area contributed by atoms with E-state index in [1.54, 1.807) is 31.2 Å². The van der Waals surface area contributed by atoms with Gasteiger partial charge in [0.25, 0.3) is 0 Å². The van der Waals surface area contributed by atoms with E-state index < -0.39 is 5.60 Å². The molecule has 0 bridgehead atoms. The molecule has 144 valence electrons. The van der Waals surface area contributed by atoms with Gasteiger partial charge in [-0.05, 0) is 42.3 Å². The molecule has 1 fully saturated rings. The lowest BCUT2D eigenvalue weighted by Gasteiger charge is -2.29. The molecule has 1 amide bonds. The first kappa shape index (κ1) is 19.7. The number of morpholine rings is 1. The maximum absolute atomic E-state index is 12.3. The zero-order valence-corrected chi connectivity index (χ0v) is 16.2. The molecule has 0 aliphatic carbocycles. The molecule has 1 heterocycles. The summed E-state index contributed by atoms with van der Waals surface area (Å²) in [6.07, 6.45) is 0.278. The Morgan fingerprint density at radius 3 is 2.41 bits per heavy atom. The third-order valence-corrected chi connectivity index (χ3v) is 5.03. The second kappa shape index (κ2) is 8.74. The quantitative estimate of drug-likeness (QED) is 0.798. The van der Waals surface area contributed by atoms with Crippen LogP contribution < -0.4 is 10.2 Å². The summed E-state index contributed by atoms with van der Waals surface area (Å²) in [6.45, 7) is 5.08. The molecule has 6 heteroatoms. The highest BCUT2D eigenvalue weighted by atomic mass is 35.5. The Hall–Kier alpha value is -2.08. The summed E-state index contributed by atoms with van der Waals surface area (Å²) in [5.41, 5.74) is 1.64. The minimum absolute atomic E-state index is 0.122. The van der Waals surface area contributed by atoms with Crippen LogP contribution in [-0.2, 0) is 21.6 Å². The summed E-state index contributed by atoms with van der Waals surface area (Å²) < 4.78 is 5.37. The van der Waals surface area contributed by atoms with Crippen molar-refractivity contribution in [3.63, 3.8) is 0 Å². The third-order valence-electron chi connectivity index (χ3n) is 4.77. The maximum Gasteiger partial charge on any atom is 0.224 e. The Morgan fingerprint density at radius 2 is 1.78 bits per heavy atom. The molecule has 0 saturated carbocycles. The van der Waals surface area contributed by atoms with Crippen LogP contribution in [0.1, 0.15) is 18.1 Å². The van der Waals surface area contributed by atoms with E-state index in [4.69, 9.17) is 16.3 Å². The van der Waals surface area contributed by atoms with Gasteiger partial charge in [0.2, 0.25) is 5.91 Å². The predicted molar refractivity (Wildman–Crippen MR) is 107 cm³/mol. The number of anilines is 1. The molecule has 3 rings (SSSR count). The minimum atomic E-state index is -1.15. The number of hydrogen-bond donors (Lipinski definition) is 2. The van der Waals surface area contributed by atoms with Crippen LogP contribution in [0, 0.1) is 0 Å². The number of aliphatic hydroxyl groups is 1. The van der Waals surface area contributed by atoms with Gasteiger partial charge in [-0.3, -0.25) is 4.79 Å². The van der Waals surface area contributed by atoms with Crippen LogP contribution in [0.15, 0.2) is 48.5 Å². The lowest BCUT2D eigenvalue weighted by molar-refractivity contribution is -0.121. The fourth-order valence-electron chi connectivity index (χ4n) is 3.08. The van der Waals surface area contributed by atoms with Crippen LogP contribution in [0.5, 0.6) is 0 Å². The third kappa shape index (κ3) is 5.45. The molecule has 1 aliphatic heterocycles. The van der Waals surface area contributed by atoms with E-state index in [9.17, 15) is 9.90 Å². The number of hydrogen-bond acceptors (Lipinski definition) is 4. The van der Waals surface area contributed by atoms with Gasteiger partial charge in [0.1, 0.15) is 5.60 Å². The first-order chi connectivity index (χ1) is 12.9. The number of carbonyl (C=O) groups excluding carboxylic acids is 1. The summed E-state index contributed by atoms with van der Waals surface area (Å²) >= 11 is 5.88. The van der Waals surface area contributed by atoms with Gasteiger partial charge < -0.3 is 20.1 Å². The standard InChI is InChI=1S/C21H25ClN2O3/c1-21(26,17-4-6-18(22)7-5-17)15-23-20(25)14-16-2-8-19(9-3-16)24-10-12-27-13-11-24/h2-9,26H,10-15H2,1H3,(H,23,25). The van der Waals surface area contributed by atoms with Gasteiger partial charge in [0, 0.05) is 23.8 Å². The van der Waals surface area contributed by atoms with Crippen molar-refractivity contribution in [2.75, 3.05) is 37.7 Å². The molecule has 5 nitrogen and oxygen atoms in total. The van der Waals surface area contributed by atoms with E-state index in [2.05, 4.69) is 10.2 Å². The summed E-state index contributed by atoms with van der Waals surface area (Å²) in [5.74, 6) is -0.122. The van der Waals surface area contributed by atoms with Crippen molar-refractivity contribution < 1.29 is 14.6 Å². The van der Waals surface area contributed by atoms with Gasteiger partial charge in [-0.1, -0.05) is 35.9 Å². The topological polar surface area (TPSA) is 61.8 Å². The molecule has 1 aliphatic rings. The molecule has 2 aromatic rings. The number of carbonyl (C=O) groups is 1. The molecule has 0 radical (unpaired) electrons. The van der Waals surface area contributed by atoms with Crippen LogP contribution in [0.2, 0.25) is 5.02 Å². The number of benzene rings is 2. The Bertz CT molecular complexity index is 754. The van der Waals surface area contributed by atoms with Gasteiger partial charge in [0.05, 0.1) is 26.2 Å². The number of rotatable bonds is 6. The average Bonchev–Trinajstić information content (AvgIpc) is 2.68. The molecule has 1 saturated heterocycles. The van der Waals surface area contributed by atoms with Gasteiger partial charge in [-0.25, -0.2) is 0 Å². The minimum Gasteiger partial charge on any atom is -0.384 e. The van der Waals surface area contributed by atoms with E-state index in [-0.39, 0.29) is 18.9 Å².